The number of carbonyl (C=O) groups excluding carboxylic acids is 8. The molecule has 0 aromatic heterocycles. The van der Waals surface area contributed by atoms with Gasteiger partial charge in [-0.1, -0.05) is 40.5 Å². The zero-order chi connectivity index (χ0) is 78.1. The van der Waals surface area contributed by atoms with Crippen LogP contribution in [0.2, 0.25) is 0 Å². The number of fused-ring (bicyclic) bond motifs is 10. The molecular formula is C90H134O18. The van der Waals surface area contributed by atoms with Gasteiger partial charge in [0.05, 0.1) is 52.5 Å². The van der Waals surface area contributed by atoms with Crippen LogP contribution in [0, 0.1) is 135 Å². The van der Waals surface area contributed by atoms with E-state index in [0.717, 1.165) is 120 Å². The lowest BCUT2D eigenvalue weighted by molar-refractivity contribution is -0.225. The summed E-state index contributed by atoms with van der Waals surface area (Å²) in [4.78, 5) is 95.5. The summed E-state index contributed by atoms with van der Waals surface area (Å²) in [6.07, 6.45) is 30.3. The van der Waals surface area contributed by atoms with Crippen molar-refractivity contribution in [1.82, 2.24) is 0 Å². The van der Waals surface area contributed by atoms with E-state index in [4.69, 9.17) is 37.9 Å². The fourth-order valence-electron chi connectivity index (χ4n) is 26.1. The predicted octanol–water partition coefficient (Wildman–Crippen LogP) is 16.2. The number of aliphatic hydroxyl groups is 2. The SMILES string of the molecule is C=C(C)C(=O)OC1(C)C2CC3CC(C2)CC1C3.C=C(C)C(=O)OC12CC3CC(CC(O)(C3)C1)C2.C=C(C)C(=O)OC1CC2CC1C1C(=O)OCC21.CCC(C)(C)C(=O)OC1(C)C2CC3CC(C2)CC1C3.CCC(C)(C)C(=O)OC12CC3CC(CC(O)(C3)C1)C2.CCC(C)(C)C(=O)OC1CC2CC1C1C(=O)OCC21. The molecule has 0 aromatic carbocycles. The van der Waals surface area contributed by atoms with E-state index in [9.17, 15) is 48.6 Å². The van der Waals surface area contributed by atoms with Crippen LogP contribution in [0.4, 0.5) is 0 Å². The van der Waals surface area contributed by atoms with Crippen molar-refractivity contribution in [2.45, 2.75) is 329 Å². The number of cyclic esters (lactones) is 2. The van der Waals surface area contributed by atoms with Crippen LogP contribution in [0.25, 0.3) is 0 Å². The zero-order valence-electron chi connectivity index (χ0n) is 68.2. The first-order valence-corrected chi connectivity index (χ1v) is 42.6. The van der Waals surface area contributed by atoms with E-state index < -0.39 is 27.6 Å². The molecule has 0 aromatic rings. The maximum absolute atomic E-state index is 12.5. The Hall–Kier alpha value is -5.10. The third kappa shape index (κ3) is 15.9. The molecule has 2 N–H and O–H groups in total. The van der Waals surface area contributed by atoms with Gasteiger partial charge in [0.1, 0.15) is 34.6 Å². The van der Waals surface area contributed by atoms with Gasteiger partial charge in [0.25, 0.3) is 0 Å². The van der Waals surface area contributed by atoms with Crippen LogP contribution in [0.5, 0.6) is 0 Å². The molecule has 18 heteroatoms. The Morgan fingerprint density at radius 2 is 0.713 bits per heavy atom. The predicted molar refractivity (Wildman–Crippen MR) is 405 cm³/mol. The molecule has 0 radical (unpaired) electrons. The quantitative estimate of drug-likeness (QED) is 0.0878. The molecule has 2 saturated heterocycles. The summed E-state index contributed by atoms with van der Waals surface area (Å²) < 4.78 is 45.0. The van der Waals surface area contributed by atoms with Crippen molar-refractivity contribution in [3.05, 3.63) is 36.5 Å². The van der Waals surface area contributed by atoms with Crippen LogP contribution in [-0.2, 0) is 76.3 Å². The number of carbonyl (C=O) groups is 8. The summed E-state index contributed by atoms with van der Waals surface area (Å²) in [5.41, 5.74) is -2.04. The molecule has 2 aliphatic heterocycles. The minimum atomic E-state index is -0.570. The van der Waals surface area contributed by atoms with Gasteiger partial charge in [0, 0.05) is 53.2 Å². The Bertz CT molecular complexity index is 3430. The molecule has 14 atom stereocenters. The Morgan fingerprint density at radius 3 is 1.06 bits per heavy atom. The highest BCUT2D eigenvalue weighted by Gasteiger charge is 2.65. The summed E-state index contributed by atoms with van der Waals surface area (Å²) in [5, 5.41) is 21.2. The van der Waals surface area contributed by atoms with Gasteiger partial charge in [0.15, 0.2) is 0 Å². The Balaban J connectivity index is 0.000000114. The maximum Gasteiger partial charge on any atom is 0.333 e. The maximum atomic E-state index is 12.5. The van der Waals surface area contributed by atoms with E-state index in [-0.39, 0.29) is 106 Å². The van der Waals surface area contributed by atoms with Crippen LogP contribution < -0.4 is 0 Å². The molecule has 14 unspecified atom stereocenters. The molecule has 22 aliphatic rings. The largest absolute Gasteiger partial charge is 0.465 e. The van der Waals surface area contributed by atoms with E-state index in [0.29, 0.717) is 114 Å². The number of hydrogen-bond donors (Lipinski definition) is 2. The topological polar surface area (TPSA) is 251 Å². The lowest BCUT2D eigenvalue weighted by atomic mass is 9.50. The number of rotatable bonds is 15. The van der Waals surface area contributed by atoms with Gasteiger partial charge in [-0.05, 0) is 332 Å². The standard InChI is InChI=1S/C17H28O2.C16H26O3.C15H22O4.C15H22O2.C14H20O3.C13H16O4/c1-5-16(2,3)15(18)19-17(4)13-7-11-6-12(9-13)10-14(17)8-11;1-4-14(2,3)13(17)19-16-8-11-5-12(9-16)7-15(18,6-11)10-16;1-4-15(2,3)14(17)19-11-6-8-5-9(11)12-10(8)7-18-13(12)16;1-9(2)14(16)17-15(3)12-5-10-4-11(7-12)8-13(15)6-10;1-9(2)12(15)17-14-6-10-3-11(7-14)5-13(16,4-10)8-14;1-6(2)12(14)17-10-4-7-3-8(10)11-9(7)5-16-13(11)15/h11-14H,5-10H2,1-4H3;11-12,18H,4-10H2,1-3H3;8-12H,4-7H2,1-3H3;10-13H,1,4-8H2,2-3H3;10-11,16H,1,3-8H2,2H3;7-11H,1,3-5H2,2H3. The van der Waals surface area contributed by atoms with Crippen molar-refractivity contribution in [2.75, 3.05) is 13.2 Å². The Labute approximate surface area is 644 Å². The van der Waals surface area contributed by atoms with Gasteiger partial charge in [-0.25, -0.2) is 14.4 Å². The average Bonchev–Trinajstić information content (AvgIpc) is 1.33. The number of ether oxygens (including phenoxy) is 8. The summed E-state index contributed by atoms with van der Waals surface area (Å²) in [6, 6.07) is 0. The molecule has 18 nitrogen and oxygen atoms in total. The van der Waals surface area contributed by atoms with Gasteiger partial charge in [-0.3, -0.25) is 24.0 Å². The van der Waals surface area contributed by atoms with Gasteiger partial charge >= 0.3 is 47.8 Å². The Morgan fingerprint density at radius 1 is 0.398 bits per heavy atom. The molecule has 20 aliphatic carbocycles. The molecule has 602 valence electrons. The third-order valence-electron chi connectivity index (χ3n) is 32.2. The molecule has 22 fully saturated rings. The molecular weight excluding hydrogens is 1370 g/mol. The highest BCUT2D eigenvalue weighted by Crippen LogP contribution is 2.65. The second-order valence-electron chi connectivity index (χ2n) is 41.6. The molecule has 0 amide bonds. The van der Waals surface area contributed by atoms with Gasteiger partial charge in [-0.15, -0.1) is 0 Å². The summed E-state index contributed by atoms with van der Waals surface area (Å²) in [5.74, 6) is 9.18. The third-order valence-corrected chi connectivity index (χ3v) is 32.2. The van der Waals surface area contributed by atoms with Crippen LogP contribution in [0.3, 0.4) is 0 Å². The van der Waals surface area contributed by atoms with E-state index in [1.165, 1.54) is 77.0 Å². The molecule has 22 rings (SSSR count). The number of esters is 8. The minimum absolute atomic E-state index is 0.0127. The highest BCUT2D eigenvalue weighted by atomic mass is 16.6. The van der Waals surface area contributed by atoms with Crippen molar-refractivity contribution in [3.8, 4) is 0 Å². The highest BCUT2D eigenvalue weighted by molar-refractivity contribution is 5.88. The molecule has 20 saturated carbocycles. The molecule has 2 heterocycles. The first kappa shape index (κ1) is 80.9. The lowest BCUT2D eigenvalue weighted by Gasteiger charge is -2.59. The van der Waals surface area contributed by atoms with E-state index in [1.54, 1.807) is 20.8 Å². The fourth-order valence-corrected chi connectivity index (χ4v) is 26.1. The second kappa shape index (κ2) is 29.7. The van der Waals surface area contributed by atoms with Gasteiger partial charge in [-0.2, -0.15) is 0 Å². The van der Waals surface area contributed by atoms with Crippen molar-refractivity contribution in [3.63, 3.8) is 0 Å². The Kier molecular flexibility index (Phi) is 22.3. The molecule has 20 bridgehead atoms. The van der Waals surface area contributed by atoms with Crippen molar-refractivity contribution in [1.29, 1.82) is 0 Å². The smallest absolute Gasteiger partial charge is 0.333 e. The summed E-state index contributed by atoms with van der Waals surface area (Å²) in [7, 11) is 0. The normalized spacial score (nSPS) is 44.1. The van der Waals surface area contributed by atoms with E-state index in [1.807, 2.05) is 55.4 Å². The summed E-state index contributed by atoms with van der Waals surface area (Å²) >= 11 is 0. The van der Waals surface area contributed by atoms with E-state index >= 15 is 0 Å². The van der Waals surface area contributed by atoms with Crippen molar-refractivity contribution < 1.29 is 86.5 Å². The van der Waals surface area contributed by atoms with Crippen LogP contribution in [-0.4, -0.2) is 117 Å². The summed E-state index contributed by atoms with van der Waals surface area (Å²) in [6.45, 7) is 39.3. The minimum Gasteiger partial charge on any atom is -0.465 e. The van der Waals surface area contributed by atoms with Crippen LogP contribution in [0.15, 0.2) is 36.5 Å². The first-order chi connectivity index (χ1) is 50.5. The monoisotopic (exact) mass is 1500 g/mol. The van der Waals surface area contributed by atoms with Crippen molar-refractivity contribution >= 4 is 47.8 Å². The van der Waals surface area contributed by atoms with Crippen LogP contribution >= 0.6 is 0 Å². The zero-order valence-corrected chi connectivity index (χ0v) is 68.2. The van der Waals surface area contributed by atoms with Crippen LogP contribution in [0.1, 0.15) is 283 Å². The van der Waals surface area contributed by atoms with E-state index in [2.05, 4.69) is 40.5 Å². The average molecular weight is 1500 g/mol. The first-order valence-electron chi connectivity index (χ1n) is 42.6. The number of hydrogen-bond acceptors (Lipinski definition) is 18. The van der Waals surface area contributed by atoms with Crippen molar-refractivity contribution in [2.24, 2.45) is 135 Å². The fraction of sp³-hybridized carbons (Fsp3) is 0.844. The van der Waals surface area contributed by atoms with Gasteiger partial charge in [0.2, 0.25) is 0 Å². The molecule has 108 heavy (non-hydrogen) atoms. The second-order valence-corrected chi connectivity index (χ2v) is 41.6. The van der Waals surface area contributed by atoms with Gasteiger partial charge < -0.3 is 48.1 Å². The molecule has 0 spiro atoms. The lowest BCUT2D eigenvalue weighted by Crippen LogP contribution is -2.61.